The standard InChI is InChI=1S/C12H16N4O2/c1-3-15-10-6-9(14)8(13)5-7(10)11(17)16(4-2)12(15)18/h5-6H,3-4,13-14H2,1-2H3. The first-order chi connectivity index (χ1) is 8.51. The van der Waals surface area contributed by atoms with Gasteiger partial charge in [-0.1, -0.05) is 0 Å². The van der Waals surface area contributed by atoms with Crippen molar-refractivity contribution in [3.05, 3.63) is 33.0 Å². The van der Waals surface area contributed by atoms with Gasteiger partial charge in [0.2, 0.25) is 0 Å². The zero-order chi connectivity index (χ0) is 13.4. The van der Waals surface area contributed by atoms with Gasteiger partial charge in [-0.25, -0.2) is 4.79 Å². The van der Waals surface area contributed by atoms with Crippen molar-refractivity contribution >= 4 is 22.3 Å². The molecule has 0 saturated heterocycles. The van der Waals surface area contributed by atoms with E-state index < -0.39 is 0 Å². The van der Waals surface area contributed by atoms with Crippen LogP contribution < -0.4 is 22.7 Å². The molecule has 0 bridgehead atoms. The van der Waals surface area contributed by atoms with Gasteiger partial charge in [0.25, 0.3) is 5.56 Å². The molecular weight excluding hydrogens is 232 g/mol. The molecule has 2 aromatic rings. The summed E-state index contributed by atoms with van der Waals surface area (Å²) in [4.78, 5) is 24.3. The van der Waals surface area contributed by atoms with Gasteiger partial charge in [-0.3, -0.25) is 13.9 Å². The molecule has 96 valence electrons. The highest BCUT2D eigenvalue weighted by atomic mass is 16.2. The molecule has 4 N–H and O–H groups in total. The number of anilines is 2. The van der Waals surface area contributed by atoms with Crippen molar-refractivity contribution in [2.45, 2.75) is 26.9 Å². The molecule has 1 aromatic heterocycles. The molecule has 0 amide bonds. The van der Waals surface area contributed by atoms with Crippen LogP contribution in [0.4, 0.5) is 11.4 Å². The molecule has 1 heterocycles. The van der Waals surface area contributed by atoms with Crippen LogP contribution in [0.5, 0.6) is 0 Å². The molecule has 0 saturated carbocycles. The summed E-state index contributed by atoms with van der Waals surface area (Å²) in [7, 11) is 0. The predicted octanol–water partition coefficient (Wildman–Crippen LogP) is 0.367. The molecule has 18 heavy (non-hydrogen) atoms. The van der Waals surface area contributed by atoms with Crippen LogP contribution in [-0.2, 0) is 13.1 Å². The lowest BCUT2D eigenvalue weighted by Gasteiger charge is -2.12. The minimum atomic E-state index is -0.325. The molecule has 0 spiro atoms. The second-order valence-corrected chi connectivity index (χ2v) is 4.07. The van der Waals surface area contributed by atoms with Gasteiger partial charge in [0, 0.05) is 13.1 Å². The van der Waals surface area contributed by atoms with Crippen molar-refractivity contribution in [2.24, 2.45) is 0 Å². The Morgan fingerprint density at radius 2 is 1.56 bits per heavy atom. The number of aryl methyl sites for hydroxylation is 1. The molecule has 0 atom stereocenters. The Kier molecular flexibility index (Phi) is 2.86. The minimum absolute atomic E-state index is 0.318. The summed E-state index contributed by atoms with van der Waals surface area (Å²) in [6, 6.07) is 3.11. The summed E-state index contributed by atoms with van der Waals surface area (Å²) >= 11 is 0. The molecule has 2 rings (SSSR count). The van der Waals surface area contributed by atoms with Gasteiger partial charge in [0.15, 0.2) is 0 Å². The number of aromatic nitrogens is 2. The summed E-state index contributed by atoms with van der Waals surface area (Å²) in [5.41, 5.74) is 12.1. The number of hydrogen-bond donors (Lipinski definition) is 2. The summed E-state index contributed by atoms with van der Waals surface area (Å²) in [5, 5.41) is 0.421. The van der Waals surface area contributed by atoms with E-state index in [4.69, 9.17) is 11.5 Å². The maximum atomic E-state index is 12.2. The minimum Gasteiger partial charge on any atom is -0.397 e. The number of benzene rings is 1. The zero-order valence-corrected chi connectivity index (χ0v) is 10.4. The second-order valence-electron chi connectivity index (χ2n) is 4.07. The fraction of sp³-hybridized carbons (Fsp3) is 0.333. The Hall–Kier alpha value is -2.24. The van der Waals surface area contributed by atoms with Crippen LogP contribution in [0.25, 0.3) is 10.9 Å². The van der Waals surface area contributed by atoms with Crippen molar-refractivity contribution in [1.82, 2.24) is 9.13 Å². The van der Waals surface area contributed by atoms with E-state index in [2.05, 4.69) is 0 Å². The largest absolute Gasteiger partial charge is 0.397 e. The summed E-state index contributed by atoms with van der Waals surface area (Å²) < 4.78 is 2.72. The SMILES string of the molecule is CCn1c(=O)c2cc(N)c(N)cc2n(CC)c1=O. The maximum absolute atomic E-state index is 12.2. The first-order valence-electron chi connectivity index (χ1n) is 5.83. The van der Waals surface area contributed by atoms with Gasteiger partial charge < -0.3 is 11.5 Å². The quantitative estimate of drug-likeness (QED) is 0.750. The van der Waals surface area contributed by atoms with Crippen LogP contribution in [0, 0.1) is 0 Å². The Balaban J connectivity index is 3.09. The first-order valence-corrected chi connectivity index (χ1v) is 5.83. The van der Waals surface area contributed by atoms with Gasteiger partial charge in [-0.2, -0.15) is 0 Å². The normalized spacial score (nSPS) is 11.0. The molecule has 0 fully saturated rings. The Morgan fingerprint density at radius 1 is 1.00 bits per heavy atom. The smallest absolute Gasteiger partial charge is 0.331 e. The summed E-state index contributed by atoms with van der Waals surface area (Å²) in [6.07, 6.45) is 0. The average molecular weight is 248 g/mol. The third kappa shape index (κ3) is 1.57. The second kappa shape index (κ2) is 4.21. The highest BCUT2D eigenvalue weighted by molar-refractivity contribution is 5.87. The van der Waals surface area contributed by atoms with Crippen molar-refractivity contribution in [1.29, 1.82) is 0 Å². The van der Waals surface area contributed by atoms with Crippen molar-refractivity contribution in [3.8, 4) is 0 Å². The number of nitrogens with zero attached hydrogens (tertiary/aromatic N) is 2. The maximum Gasteiger partial charge on any atom is 0.331 e. The predicted molar refractivity (Wildman–Crippen MR) is 72.6 cm³/mol. The van der Waals surface area contributed by atoms with Crippen LogP contribution in [0.2, 0.25) is 0 Å². The average Bonchev–Trinajstić information content (AvgIpc) is 2.33. The number of nitrogens with two attached hydrogens (primary N) is 2. The molecule has 0 aliphatic rings. The van der Waals surface area contributed by atoms with Gasteiger partial charge in [0.05, 0.1) is 22.3 Å². The van der Waals surface area contributed by atoms with E-state index >= 15 is 0 Å². The van der Waals surface area contributed by atoms with Crippen molar-refractivity contribution < 1.29 is 0 Å². The molecule has 0 aliphatic carbocycles. The lowest BCUT2D eigenvalue weighted by atomic mass is 10.2. The fourth-order valence-electron chi connectivity index (χ4n) is 2.08. The summed E-state index contributed by atoms with van der Waals surface area (Å²) in [5.74, 6) is 0. The molecule has 0 radical (unpaired) electrons. The monoisotopic (exact) mass is 248 g/mol. The number of nitrogen functional groups attached to an aromatic ring is 2. The van der Waals surface area contributed by atoms with E-state index in [1.807, 2.05) is 6.92 Å². The van der Waals surface area contributed by atoms with E-state index in [1.54, 1.807) is 13.0 Å². The third-order valence-corrected chi connectivity index (χ3v) is 3.06. The zero-order valence-electron chi connectivity index (χ0n) is 10.4. The lowest BCUT2D eigenvalue weighted by molar-refractivity contribution is 0.609. The van der Waals surface area contributed by atoms with E-state index in [9.17, 15) is 9.59 Å². The Morgan fingerprint density at radius 3 is 2.11 bits per heavy atom. The lowest BCUT2D eigenvalue weighted by Crippen LogP contribution is -2.39. The molecular formula is C12H16N4O2. The van der Waals surface area contributed by atoms with Gasteiger partial charge in [0.1, 0.15) is 0 Å². The van der Waals surface area contributed by atoms with E-state index in [0.717, 1.165) is 0 Å². The van der Waals surface area contributed by atoms with E-state index in [0.29, 0.717) is 35.4 Å². The highest BCUT2D eigenvalue weighted by Crippen LogP contribution is 2.20. The Bertz CT molecular complexity index is 727. The van der Waals surface area contributed by atoms with Gasteiger partial charge in [-0.15, -0.1) is 0 Å². The number of fused-ring (bicyclic) bond motifs is 1. The van der Waals surface area contributed by atoms with Gasteiger partial charge >= 0.3 is 5.69 Å². The molecule has 1 aromatic carbocycles. The van der Waals surface area contributed by atoms with Crippen LogP contribution in [-0.4, -0.2) is 9.13 Å². The van der Waals surface area contributed by atoms with Crippen LogP contribution in [0.15, 0.2) is 21.7 Å². The van der Waals surface area contributed by atoms with E-state index in [-0.39, 0.29) is 11.2 Å². The van der Waals surface area contributed by atoms with E-state index in [1.165, 1.54) is 15.2 Å². The van der Waals surface area contributed by atoms with Crippen molar-refractivity contribution in [3.63, 3.8) is 0 Å². The van der Waals surface area contributed by atoms with Gasteiger partial charge in [-0.05, 0) is 26.0 Å². The Labute approximate surface area is 103 Å². The third-order valence-electron chi connectivity index (χ3n) is 3.06. The molecule has 6 nitrogen and oxygen atoms in total. The highest BCUT2D eigenvalue weighted by Gasteiger charge is 2.12. The van der Waals surface area contributed by atoms with Crippen LogP contribution in [0.3, 0.4) is 0 Å². The number of rotatable bonds is 2. The molecule has 0 aliphatic heterocycles. The summed E-state index contributed by atoms with van der Waals surface area (Å²) in [6.45, 7) is 4.41. The molecule has 6 heteroatoms. The number of hydrogen-bond acceptors (Lipinski definition) is 4. The topological polar surface area (TPSA) is 96.0 Å². The van der Waals surface area contributed by atoms with Crippen LogP contribution in [0.1, 0.15) is 13.8 Å². The first kappa shape index (κ1) is 12.2. The van der Waals surface area contributed by atoms with Crippen LogP contribution >= 0.6 is 0 Å². The fourth-order valence-corrected chi connectivity index (χ4v) is 2.08. The molecule has 0 unspecified atom stereocenters. The van der Waals surface area contributed by atoms with Crippen molar-refractivity contribution in [2.75, 3.05) is 11.5 Å².